The average molecular weight is 479 g/mol. The van der Waals surface area contributed by atoms with Crippen molar-refractivity contribution in [2.45, 2.75) is 19.5 Å². The van der Waals surface area contributed by atoms with Crippen LogP contribution in [0.15, 0.2) is 102 Å². The molecule has 36 heavy (non-hydrogen) atoms. The molecule has 2 aromatic heterocycles. The summed E-state index contributed by atoms with van der Waals surface area (Å²) >= 11 is 0. The molecule has 0 unspecified atom stereocenters. The summed E-state index contributed by atoms with van der Waals surface area (Å²) in [5.41, 5.74) is 6.78. The highest BCUT2D eigenvalue weighted by Gasteiger charge is 2.20. The lowest BCUT2D eigenvalue weighted by atomic mass is 10.0. The van der Waals surface area contributed by atoms with E-state index in [0.29, 0.717) is 23.4 Å². The second-order valence-corrected chi connectivity index (χ2v) is 8.66. The smallest absolute Gasteiger partial charge is 0.337 e. The topological polar surface area (TPSA) is 73.5 Å². The maximum Gasteiger partial charge on any atom is 0.337 e. The van der Waals surface area contributed by atoms with E-state index in [2.05, 4.69) is 41.7 Å². The molecule has 1 amide bonds. The van der Waals surface area contributed by atoms with Gasteiger partial charge >= 0.3 is 5.97 Å². The van der Waals surface area contributed by atoms with Crippen LogP contribution < -0.4 is 5.32 Å². The molecule has 0 aliphatic carbocycles. The Morgan fingerprint density at radius 3 is 2.31 bits per heavy atom. The van der Waals surface area contributed by atoms with E-state index in [1.165, 1.54) is 7.11 Å². The number of benzene rings is 3. The van der Waals surface area contributed by atoms with Crippen molar-refractivity contribution < 1.29 is 18.7 Å². The van der Waals surface area contributed by atoms with E-state index in [1.54, 1.807) is 24.5 Å². The predicted molar refractivity (Wildman–Crippen MR) is 139 cm³/mol. The maximum absolute atomic E-state index is 13.3. The normalized spacial score (nSPS) is 11.8. The molecular formula is C30H26N2O4. The van der Waals surface area contributed by atoms with E-state index in [0.717, 1.165) is 27.8 Å². The van der Waals surface area contributed by atoms with E-state index < -0.39 is 5.97 Å². The molecule has 5 aromatic rings. The van der Waals surface area contributed by atoms with Crippen molar-refractivity contribution in [2.75, 3.05) is 7.11 Å². The van der Waals surface area contributed by atoms with Gasteiger partial charge in [0.15, 0.2) is 5.58 Å². The van der Waals surface area contributed by atoms with Crippen LogP contribution in [0.5, 0.6) is 0 Å². The third-order valence-corrected chi connectivity index (χ3v) is 6.34. The van der Waals surface area contributed by atoms with Crippen LogP contribution in [0.3, 0.4) is 0 Å². The van der Waals surface area contributed by atoms with Crippen molar-refractivity contribution in [3.05, 3.63) is 120 Å². The van der Waals surface area contributed by atoms with E-state index in [4.69, 9.17) is 9.15 Å². The molecule has 1 atom stereocenters. The largest absolute Gasteiger partial charge is 0.465 e. The van der Waals surface area contributed by atoms with E-state index >= 15 is 0 Å². The molecule has 0 spiro atoms. The highest BCUT2D eigenvalue weighted by atomic mass is 16.5. The Kier molecular flexibility index (Phi) is 6.41. The molecule has 0 fully saturated rings. The van der Waals surface area contributed by atoms with Gasteiger partial charge in [0, 0.05) is 18.7 Å². The zero-order valence-corrected chi connectivity index (χ0v) is 20.1. The van der Waals surface area contributed by atoms with Crippen molar-refractivity contribution in [2.24, 2.45) is 0 Å². The van der Waals surface area contributed by atoms with Crippen molar-refractivity contribution in [3.8, 4) is 11.1 Å². The number of carbonyl (C=O) groups excluding carboxylic acids is 2. The van der Waals surface area contributed by atoms with Gasteiger partial charge in [0.2, 0.25) is 0 Å². The average Bonchev–Trinajstić information content (AvgIpc) is 3.52. The molecule has 0 saturated heterocycles. The van der Waals surface area contributed by atoms with Crippen LogP contribution in [-0.4, -0.2) is 23.6 Å². The lowest BCUT2D eigenvalue weighted by Gasteiger charge is -2.16. The second-order valence-electron chi connectivity index (χ2n) is 8.66. The number of nitrogens with one attached hydrogen (secondary N) is 1. The summed E-state index contributed by atoms with van der Waals surface area (Å²) in [5, 5.41) is 3.07. The monoisotopic (exact) mass is 478 g/mol. The molecule has 1 N–H and O–H groups in total. The summed E-state index contributed by atoms with van der Waals surface area (Å²) in [7, 11) is 1.35. The van der Waals surface area contributed by atoms with E-state index in [-0.39, 0.29) is 11.9 Å². The van der Waals surface area contributed by atoms with Crippen LogP contribution in [0, 0.1) is 0 Å². The Morgan fingerprint density at radius 1 is 0.917 bits per heavy atom. The molecule has 5 rings (SSSR count). The van der Waals surface area contributed by atoms with Crippen molar-refractivity contribution in [1.29, 1.82) is 0 Å². The van der Waals surface area contributed by atoms with Crippen molar-refractivity contribution in [1.82, 2.24) is 9.88 Å². The van der Waals surface area contributed by atoms with Gasteiger partial charge in [-0.3, -0.25) is 4.79 Å². The van der Waals surface area contributed by atoms with Crippen molar-refractivity contribution in [3.63, 3.8) is 0 Å². The number of furan rings is 1. The number of nitrogens with zero attached hydrogens (tertiary/aromatic N) is 1. The minimum Gasteiger partial charge on any atom is -0.465 e. The van der Waals surface area contributed by atoms with E-state index in [9.17, 15) is 9.59 Å². The molecular weight excluding hydrogens is 452 g/mol. The summed E-state index contributed by atoms with van der Waals surface area (Å²) in [5.74, 6) is -0.595. The van der Waals surface area contributed by atoms with Gasteiger partial charge < -0.3 is 19.0 Å². The molecule has 6 nitrogen and oxygen atoms in total. The number of fused-ring (bicyclic) bond motifs is 1. The number of esters is 1. The van der Waals surface area contributed by atoms with Gasteiger partial charge in [-0.15, -0.1) is 0 Å². The molecule has 0 radical (unpaired) electrons. The van der Waals surface area contributed by atoms with Gasteiger partial charge in [-0.25, -0.2) is 4.79 Å². The third kappa shape index (κ3) is 4.66. The lowest BCUT2D eigenvalue weighted by molar-refractivity contribution is 0.0600. The number of ether oxygens (including phenoxy) is 1. The Balaban J connectivity index is 1.36. The number of amides is 1. The third-order valence-electron chi connectivity index (χ3n) is 6.34. The molecule has 3 aromatic carbocycles. The first-order valence-corrected chi connectivity index (χ1v) is 11.7. The standard InChI is InChI=1S/C30H26N2O4/c1-20(22-12-14-25(15-13-22)30(34)35-2)31-29(33)27-18-28-26(16-17-36-28)32(27)19-21-8-10-24(11-9-21)23-6-4-3-5-7-23/h3-18,20H,19H2,1-2H3,(H,31,33)/t20-/m0/s1. The first kappa shape index (κ1) is 23.2. The van der Waals surface area contributed by atoms with Crippen LogP contribution >= 0.6 is 0 Å². The van der Waals surface area contributed by atoms with E-state index in [1.807, 2.05) is 47.9 Å². The van der Waals surface area contributed by atoms with Gasteiger partial charge in [-0.1, -0.05) is 66.7 Å². The highest BCUT2D eigenvalue weighted by molar-refractivity contribution is 5.98. The molecule has 2 heterocycles. The Bertz CT molecular complexity index is 1500. The van der Waals surface area contributed by atoms with Gasteiger partial charge in [0.1, 0.15) is 5.69 Å². The minimum absolute atomic E-state index is 0.202. The molecule has 0 bridgehead atoms. The summed E-state index contributed by atoms with van der Waals surface area (Å²) in [4.78, 5) is 25.0. The second kappa shape index (κ2) is 9.96. The molecule has 6 heteroatoms. The Labute approximate surface area is 209 Å². The molecule has 180 valence electrons. The number of rotatable bonds is 7. The number of aromatic nitrogens is 1. The van der Waals surface area contributed by atoms with Crippen LogP contribution in [0.2, 0.25) is 0 Å². The Morgan fingerprint density at radius 2 is 1.61 bits per heavy atom. The number of carbonyl (C=O) groups is 2. The Hall–Kier alpha value is -4.58. The maximum atomic E-state index is 13.3. The number of hydrogen-bond donors (Lipinski definition) is 1. The van der Waals surface area contributed by atoms with Gasteiger partial charge in [-0.05, 0) is 41.3 Å². The summed E-state index contributed by atoms with van der Waals surface area (Å²) in [6.45, 7) is 2.44. The fourth-order valence-electron chi connectivity index (χ4n) is 4.33. The van der Waals surface area contributed by atoms with Crippen LogP contribution in [0.25, 0.3) is 22.2 Å². The van der Waals surface area contributed by atoms with Crippen LogP contribution in [0.4, 0.5) is 0 Å². The zero-order chi connectivity index (χ0) is 25.1. The fraction of sp³-hybridized carbons (Fsp3) is 0.133. The van der Waals surface area contributed by atoms with Crippen LogP contribution in [0.1, 0.15) is 44.9 Å². The predicted octanol–water partition coefficient (Wildman–Crippen LogP) is 6.23. The summed E-state index contributed by atoms with van der Waals surface area (Å²) in [6, 6.07) is 29.0. The fourth-order valence-corrected chi connectivity index (χ4v) is 4.33. The van der Waals surface area contributed by atoms with Gasteiger partial charge in [-0.2, -0.15) is 0 Å². The first-order chi connectivity index (χ1) is 17.5. The quantitative estimate of drug-likeness (QED) is 0.282. The van der Waals surface area contributed by atoms with Gasteiger partial charge in [0.05, 0.1) is 30.5 Å². The van der Waals surface area contributed by atoms with Crippen molar-refractivity contribution >= 4 is 23.0 Å². The molecule has 0 aliphatic heterocycles. The summed E-state index contributed by atoms with van der Waals surface area (Å²) in [6.07, 6.45) is 1.63. The SMILES string of the molecule is COC(=O)c1ccc([C@H](C)NC(=O)c2cc3occc3n2Cc2ccc(-c3ccccc3)cc2)cc1. The van der Waals surface area contributed by atoms with Crippen LogP contribution in [-0.2, 0) is 11.3 Å². The lowest BCUT2D eigenvalue weighted by Crippen LogP contribution is -2.28. The van der Waals surface area contributed by atoms with Gasteiger partial charge in [0.25, 0.3) is 5.91 Å². The number of hydrogen-bond acceptors (Lipinski definition) is 4. The summed E-state index contributed by atoms with van der Waals surface area (Å²) < 4.78 is 12.3. The highest BCUT2D eigenvalue weighted by Crippen LogP contribution is 2.25. The minimum atomic E-state index is -0.393. The number of methoxy groups -OCH3 is 1. The first-order valence-electron chi connectivity index (χ1n) is 11.7. The zero-order valence-electron chi connectivity index (χ0n) is 20.1. The molecule has 0 saturated carbocycles. The molecule has 0 aliphatic rings.